The second-order valence-electron chi connectivity index (χ2n) is 3.32. The molecule has 82 valence electrons. The van der Waals surface area contributed by atoms with Crippen LogP contribution in [0.25, 0.3) is 0 Å². The van der Waals surface area contributed by atoms with Gasteiger partial charge in [-0.25, -0.2) is 0 Å². The highest BCUT2D eigenvalue weighted by molar-refractivity contribution is 7.12. The van der Waals surface area contributed by atoms with E-state index in [2.05, 4.69) is 5.32 Å². The fraction of sp³-hybridized carbons (Fsp3) is 0.400. The Bertz CT molecular complexity index is 372. The lowest BCUT2D eigenvalue weighted by molar-refractivity contribution is -0.141. The van der Waals surface area contributed by atoms with Crippen LogP contribution in [-0.2, 0) is 16.0 Å². The summed E-state index contributed by atoms with van der Waals surface area (Å²) in [5, 5.41) is 11.0. The first-order valence-electron chi connectivity index (χ1n) is 4.56. The predicted octanol–water partition coefficient (Wildman–Crippen LogP) is 1.19. The number of carbonyl (C=O) groups excluding carboxylic acids is 1. The average molecular weight is 227 g/mol. The molecule has 0 fully saturated rings. The largest absolute Gasteiger partial charge is 0.480 e. The maximum atomic E-state index is 11.4. The Hall–Kier alpha value is -1.36. The van der Waals surface area contributed by atoms with Crippen LogP contribution in [0.2, 0.25) is 0 Å². The summed E-state index contributed by atoms with van der Waals surface area (Å²) in [4.78, 5) is 23.9. The van der Waals surface area contributed by atoms with Gasteiger partial charge in [0.05, 0.1) is 6.42 Å². The summed E-state index contributed by atoms with van der Waals surface area (Å²) < 4.78 is 0. The molecule has 0 saturated heterocycles. The smallest absolute Gasteiger partial charge is 0.325 e. The molecular weight excluding hydrogens is 214 g/mol. The lowest BCUT2D eigenvalue weighted by Gasteiger charge is -2.07. The fourth-order valence-corrected chi connectivity index (χ4v) is 1.98. The zero-order chi connectivity index (χ0) is 11.4. The molecule has 0 saturated carbocycles. The Morgan fingerprint density at radius 2 is 2.20 bits per heavy atom. The summed E-state index contributed by atoms with van der Waals surface area (Å²) in [6.07, 6.45) is 0.246. The second-order valence-corrected chi connectivity index (χ2v) is 4.69. The minimum atomic E-state index is -1.02. The van der Waals surface area contributed by atoms with Gasteiger partial charge in [0, 0.05) is 9.75 Å². The van der Waals surface area contributed by atoms with Gasteiger partial charge in [0.1, 0.15) is 6.04 Å². The highest BCUT2D eigenvalue weighted by Crippen LogP contribution is 2.15. The van der Waals surface area contributed by atoms with E-state index in [4.69, 9.17) is 5.11 Å². The van der Waals surface area contributed by atoms with Gasteiger partial charge in [-0.3, -0.25) is 9.59 Å². The molecule has 4 nitrogen and oxygen atoms in total. The Balaban J connectivity index is 2.46. The van der Waals surface area contributed by atoms with Gasteiger partial charge in [-0.05, 0) is 26.0 Å². The van der Waals surface area contributed by atoms with Gasteiger partial charge in [-0.15, -0.1) is 11.3 Å². The molecule has 2 N–H and O–H groups in total. The molecule has 1 amide bonds. The van der Waals surface area contributed by atoms with Gasteiger partial charge in [-0.2, -0.15) is 0 Å². The van der Waals surface area contributed by atoms with Crippen molar-refractivity contribution < 1.29 is 14.7 Å². The zero-order valence-corrected chi connectivity index (χ0v) is 9.43. The topological polar surface area (TPSA) is 66.4 Å². The summed E-state index contributed by atoms with van der Waals surface area (Å²) in [6, 6.07) is 2.98. The third-order valence-corrected chi connectivity index (χ3v) is 2.88. The Kier molecular flexibility index (Phi) is 3.85. The van der Waals surface area contributed by atoms with Crippen molar-refractivity contribution in [3.05, 3.63) is 21.9 Å². The number of hydrogen-bond donors (Lipinski definition) is 2. The van der Waals surface area contributed by atoms with Crippen LogP contribution in [0.4, 0.5) is 0 Å². The van der Waals surface area contributed by atoms with Gasteiger partial charge < -0.3 is 10.4 Å². The van der Waals surface area contributed by atoms with Gasteiger partial charge in [-0.1, -0.05) is 0 Å². The monoisotopic (exact) mass is 227 g/mol. The molecule has 1 aromatic heterocycles. The van der Waals surface area contributed by atoms with Crippen LogP contribution < -0.4 is 5.32 Å². The van der Waals surface area contributed by atoms with E-state index in [1.54, 1.807) is 11.3 Å². The first kappa shape index (κ1) is 11.7. The third kappa shape index (κ3) is 3.71. The lowest BCUT2D eigenvalue weighted by Crippen LogP contribution is -2.39. The van der Waals surface area contributed by atoms with Crippen LogP contribution in [-0.4, -0.2) is 23.0 Å². The maximum absolute atomic E-state index is 11.4. The number of aryl methyl sites for hydroxylation is 1. The van der Waals surface area contributed by atoms with Crippen molar-refractivity contribution >= 4 is 23.2 Å². The Labute approximate surface area is 91.9 Å². The first-order chi connectivity index (χ1) is 6.99. The molecule has 0 aromatic carbocycles. The van der Waals surface area contributed by atoms with E-state index in [9.17, 15) is 9.59 Å². The van der Waals surface area contributed by atoms with E-state index in [1.165, 1.54) is 6.92 Å². The summed E-state index contributed by atoms with van der Waals surface area (Å²) in [6.45, 7) is 3.41. The number of carboxylic acids is 1. The highest BCUT2D eigenvalue weighted by Gasteiger charge is 2.14. The number of rotatable bonds is 4. The number of hydrogen-bond acceptors (Lipinski definition) is 3. The van der Waals surface area contributed by atoms with Gasteiger partial charge >= 0.3 is 5.97 Å². The molecule has 0 aliphatic heterocycles. The Morgan fingerprint density at radius 3 is 2.67 bits per heavy atom. The van der Waals surface area contributed by atoms with Crippen LogP contribution in [0, 0.1) is 6.92 Å². The number of amides is 1. The van der Waals surface area contributed by atoms with Crippen molar-refractivity contribution in [1.82, 2.24) is 5.32 Å². The quantitative estimate of drug-likeness (QED) is 0.812. The number of carbonyl (C=O) groups is 2. The second kappa shape index (κ2) is 4.93. The average Bonchev–Trinajstić information content (AvgIpc) is 2.50. The number of aliphatic carboxylic acids is 1. The molecule has 5 heteroatoms. The molecular formula is C10H13NO3S. The van der Waals surface area contributed by atoms with E-state index < -0.39 is 12.0 Å². The zero-order valence-electron chi connectivity index (χ0n) is 8.61. The van der Waals surface area contributed by atoms with Crippen molar-refractivity contribution in [2.45, 2.75) is 26.3 Å². The van der Waals surface area contributed by atoms with Crippen LogP contribution in [0.1, 0.15) is 16.7 Å². The molecule has 1 heterocycles. The van der Waals surface area contributed by atoms with E-state index in [-0.39, 0.29) is 12.3 Å². The minimum Gasteiger partial charge on any atom is -0.480 e. The highest BCUT2D eigenvalue weighted by atomic mass is 32.1. The van der Waals surface area contributed by atoms with Crippen LogP contribution in [0.3, 0.4) is 0 Å². The standard InChI is InChI=1S/C10H13NO3S/c1-6-3-4-8(15-6)5-9(12)11-7(2)10(13)14/h3-4,7H,5H2,1-2H3,(H,11,12)(H,13,14)/t7-/m0/s1. The van der Waals surface area contributed by atoms with E-state index in [0.717, 1.165) is 9.75 Å². The number of nitrogens with one attached hydrogen (secondary N) is 1. The summed E-state index contributed by atoms with van der Waals surface area (Å²) in [5.41, 5.74) is 0. The molecule has 0 bridgehead atoms. The van der Waals surface area contributed by atoms with Crippen molar-refractivity contribution in [3.8, 4) is 0 Å². The molecule has 0 unspecified atom stereocenters. The fourth-order valence-electron chi connectivity index (χ4n) is 1.09. The first-order valence-corrected chi connectivity index (χ1v) is 5.38. The lowest BCUT2D eigenvalue weighted by atomic mass is 10.3. The van der Waals surface area contributed by atoms with Crippen LogP contribution >= 0.6 is 11.3 Å². The van der Waals surface area contributed by atoms with E-state index in [1.807, 2.05) is 19.1 Å². The molecule has 0 aliphatic rings. The maximum Gasteiger partial charge on any atom is 0.325 e. The normalized spacial score (nSPS) is 12.1. The van der Waals surface area contributed by atoms with E-state index in [0.29, 0.717) is 0 Å². The van der Waals surface area contributed by atoms with Crippen molar-refractivity contribution in [2.75, 3.05) is 0 Å². The minimum absolute atomic E-state index is 0.246. The summed E-state index contributed by atoms with van der Waals surface area (Å²) in [5.74, 6) is -1.28. The summed E-state index contributed by atoms with van der Waals surface area (Å²) in [7, 11) is 0. The molecule has 0 aliphatic carbocycles. The molecule has 1 atom stereocenters. The molecule has 0 spiro atoms. The predicted molar refractivity (Wildman–Crippen MR) is 58.0 cm³/mol. The van der Waals surface area contributed by atoms with Crippen LogP contribution in [0.15, 0.2) is 12.1 Å². The van der Waals surface area contributed by atoms with Crippen molar-refractivity contribution in [1.29, 1.82) is 0 Å². The number of carboxylic acid groups (broad SMARTS) is 1. The van der Waals surface area contributed by atoms with Gasteiger partial charge in [0.2, 0.25) is 5.91 Å². The molecule has 1 aromatic rings. The van der Waals surface area contributed by atoms with E-state index >= 15 is 0 Å². The molecule has 0 radical (unpaired) electrons. The molecule has 1 rings (SSSR count). The van der Waals surface area contributed by atoms with Crippen LogP contribution in [0.5, 0.6) is 0 Å². The van der Waals surface area contributed by atoms with Gasteiger partial charge in [0.15, 0.2) is 0 Å². The van der Waals surface area contributed by atoms with Crippen molar-refractivity contribution in [3.63, 3.8) is 0 Å². The SMILES string of the molecule is Cc1ccc(CC(=O)N[C@@H](C)C(=O)O)s1. The third-order valence-electron chi connectivity index (χ3n) is 1.88. The number of thiophene rings is 1. The summed E-state index contributed by atoms with van der Waals surface area (Å²) >= 11 is 1.54. The van der Waals surface area contributed by atoms with Gasteiger partial charge in [0.25, 0.3) is 0 Å². The van der Waals surface area contributed by atoms with Crippen molar-refractivity contribution in [2.24, 2.45) is 0 Å². The Morgan fingerprint density at radius 1 is 1.53 bits per heavy atom. The molecule has 15 heavy (non-hydrogen) atoms.